The maximum atomic E-state index is 12.1. The average Bonchev–Trinajstić information content (AvgIpc) is 3.14. The minimum Gasteiger partial charge on any atom is -0.497 e. The molecule has 6 heteroatoms. The lowest BCUT2D eigenvalue weighted by Gasteiger charge is -2.06. The van der Waals surface area contributed by atoms with Gasteiger partial charge in [0.1, 0.15) is 11.5 Å². The van der Waals surface area contributed by atoms with Crippen molar-refractivity contribution in [3.63, 3.8) is 0 Å². The van der Waals surface area contributed by atoms with Crippen LogP contribution in [0.15, 0.2) is 41.0 Å². The van der Waals surface area contributed by atoms with Gasteiger partial charge in [-0.1, -0.05) is 0 Å². The number of aromatic nitrogens is 1. The van der Waals surface area contributed by atoms with Crippen LogP contribution in [0.5, 0.6) is 5.75 Å². The Bertz CT molecular complexity index is 819. The zero-order chi connectivity index (χ0) is 15.7. The molecule has 0 aliphatic heterocycles. The Balaban J connectivity index is 2.23. The number of carbonyl (C=O) groups is 1. The van der Waals surface area contributed by atoms with Crippen LogP contribution >= 0.6 is 0 Å². The largest absolute Gasteiger partial charge is 0.497 e. The van der Waals surface area contributed by atoms with E-state index in [1.165, 1.54) is 0 Å². The van der Waals surface area contributed by atoms with E-state index < -0.39 is 0 Å². The van der Waals surface area contributed by atoms with Crippen LogP contribution in [0, 0.1) is 6.92 Å². The molecule has 22 heavy (non-hydrogen) atoms. The maximum absolute atomic E-state index is 12.1. The summed E-state index contributed by atoms with van der Waals surface area (Å²) in [7, 11) is 1.59. The van der Waals surface area contributed by atoms with Crippen molar-refractivity contribution in [2.24, 2.45) is 5.84 Å². The summed E-state index contributed by atoms with van der Waals surface area (Å²) in [5, 5.41) is 0.798. The van der Waals surface area contributed by atoms with Crippen LogP contribution in [-0.4, -0.2) is 17.6 Å². The first-order valence-corrected chi connectivity index (χ1v) is 6.86. The summed E-state index contributed by atoms with van der Waals surface area (Å²) < 4.78 is 12.7. The van der Waals surface area contributed by atoms with Crippen LogP contribution in [0.25, 0.3) is 10.9 Å². The number of nitrogens with one attached hydrogen (secondary N) is 1. The molecule has 0 saturated carbocycles. The molecular formula is C16H17N3O3. The number of benzene rings is 1. The van der Waals surface area contributed by atoms with Gasteiger partial charge in [0.15, 0.2) is 0 Å². The zero-order valence-electron chi connectivity index (χ0n) is 12.4. The third-order valence-corrected chi connectivity index (χ3v) is 3.78. The molecule has 0 fully saturated rings. The molecule has 1 amide bonds. The van der Waals surface area contributed by atoms with Crippen molar-refractivity contribution in [1.29, 1.82) is 0 Å². The highest BCUT2D eigenvalue weighted by Gasteiger charge is 2.20. The Labute approximate surface area is 127 Å². The Kier molecular flexibility index (Phi) is 3.60. The van der Waals surface area contributed by atoms with Crippen LogP contribution in [0.4, 0.5) is 0 Å². The van der Waals surface area contributed by atoms with E-state index in [-0.39, 0.29) is 5.91 Å². The van der Waals surface area contributed by atoms with Gasteiger partial charge in [-0.3, -0.25) is 10.2 Å². The number of hydrogen-bond acceptors (Lipinski definition) is 4. The lowest BCUT2D eigenvalue weighted by atomic mass is 10.1. The Hall–Kier alpha value is -2.73. The molecule has 2 aromatic heterocycles. The Morgan fingerprint density at radius 3 is 2.86 bits per heavy atom. The van der Waals surface area contributed by atoms with Crippen molar-refractivity contribution in [1.82, 2.24) is 9.99 Å². The summed E-state index contributed by atoms with van der Waals surface area (Å²) in [6, 6.07) is 9.37. The van der Waals surface area contributed by atoms with Crippen LogP contribution in [-0.2, 0) is 6.54 Å². The molecule has 3 aromatic rings. The van der Waals surface area contributed by atoms with Gasteiger partial charge in [0.25, 0.3) is 5.91 Å². The molecule has 0 saturated heterocycles. The van der Waals surface area contributed by atoms with Gasteiger partial charge in [-0.15, -0.1) is 0 Å². The second-order valence-corrected chi connectivity index (χ2v) is 4.98. The van der Waals surface area contributed by atoms with E-state index in [1.54, 1.807) is 13.4 Å². The van der Waals surface area contributed by atoms with Gasteiger partial charge >= 0.3 is 0 Å². The molecule has 0 radical (unpaired) electrons. The number of nitrogens with two attached hydrogens (primary N) is 1. The summed E-state index contributed by atoms with van der Waals surface area (Å²) in [5.74, 6) is 6.50. The van der Waals surface area contributed by atoms with Gasteiger partial charge in [-0.2, -0.15) is 0 Å². The number of carbonyl (C=O) groups excluding carboxylic acids is 1. The lowest BCUT2D eigenvalue weighted by Crippen LogP contribution is -2.30. The first-order valence-electron chi connectivity index (χ1n) is 6.86. The quantitative estimate of drug-likeness (QED) is 0.439. The first-order chi connectivity index (χ1) is 10.7. The Morgan fingerprint density at radius 1 is 1.41 bits per heavy atom. The standard InChI is InChI=1S/C16H17N3O3/c1-10-15(16(20)18-17)13-8-11(21-2)5-6-14(13)19(10)9-12-4-3-7-22-12/h3-8H,9,17H2,1-2H3,(H,18,20). The van der Waals surface area contributed by atoms with E-state index in [1.807, 2.05) is 41.8 Å². The van der Waals surface area contributed by atoms with Crippen molar-refractivity contribution >= 4 is 16.8 Å². The van der Waals surface area contributed by atoms with Crippen molar-refractivity contribution in [3.8, 4) is 5.75 Å². The van der Waals surface area contributed by atoms with Crippen LogP contribution in [0.2, 0.25) is 0 Å². The highest BCUT2D eigenvalue weighted by molar-refractivity contribution is 6.08. The number of hydrogen-bond donors (Lipinski definition) is 2. The van der Waals surface area contributed by atoms with Gasteiger partial charge in [0, 0.05) is 16.6 Å². The fourth-order valence-electron chi connectivity index (χ4n) is 2.71. The Morgan fingerprint density at radius 2 is 2.23 bits per heavy atom. The topological polar surface area (TPSA) is 82.4 Å². The molecule has 0 atom stereocenters. The summed E-state index contributed by atoms with van der Waals surface area (Å²) in [5.41, 5.74) is 4.50. The van der Waals surface area contributed by atoms with E-state index in [4.69, 9.17) is 15.0 Å². The molecule has 2 heterocycles. The number of ether oxygens (including phenoxy) is 1. The summed E-state index contributed by atoms with van der Waals surface area (Å²) in [6.45, 7) is 2.43. The van der Waals surface area contributed by atoms with Gasteiger partial charge in [0.2, 0.25) is 0 Å². The second kappa shape index (κ2) is 5.57. The minimum absolute atomic E-state index is 0.325. The lowest BCUT2D eigenvalue weighted by molar-refractivity contribution is 0.0954. The molecular weight excluding hydrogens is 282 g/mol. The fraction of sp³-hybridized carbons (Fsp3) is 0.188. The molecule has 1 aromatic carbocycles. The summed E-state index contributed by atoms with van der Waals surface area (Å²) in [6.07, 6.45) is 1.63. The zero-order valence-corrected chi connectivity index (χ0v) is 12.4. The van der Waals surface area contributed by atoms with E-state index in [0.717, 1.165) is 22.4 Å². The SMILES string of the molecule is COc1ccc2c(c1)c(C(=O)NN)c(C)n2Cc1ccco1. The minimum atomic E-state index is -0.325. The van der Waals surface area contributed by atoms with Crippen molar-refractivity contribution in [2.45, 2.75) is 13.5 Å². The van der Waals surface area contributed by atoms with Crippen LogP contribution < -0.4 is 16.0 Å². The summed E-state index contributed by atoms with van der Waals surface area (Å²) >= 11 is 0. The number of furan rings is 1. The van der Waals surface area contributed by atoms with Crippen molar-refractivity contribution < 1.29 is 13.9 Å². The van der Waals surface area contributed by atoms with Crippen molar-refractivity contribution in [3.05, 3.63) is 53.6 Å². The third kappa shape index (κ3) is 2.23. The van der Waals surface area contributed by atoms with Crippen LogP contribution in [0.3, 0.4) is 0 Å². The number of hydrazine groups is 1. The molecule has 3 rings (SSSR count). The van der Waals surface area contributed by atoms with E-state index in [0.29, 0.717) is 17.9 Å². The average molecular weight is 299 g/mol. The second-order valence-electron chi connectivity index (χ2n) is 4.98. The number of methoxy groups -OCH3 is 1. The number of rotatable bonds is 4. The molecule has 3 N–H and O–H groups in total. The third-order valence-electron chi connectivity index (χ3n) is 3.78. The number of nitrogen functional groups attached to an aromatic ring is 1. The van der Waals surface area contributed by atoms with Gasteiger partial charge in [-0.05, 0) is 37.3 Å². The number of nitrogens with zero attached hydrogens (tertiary/aromatic N) is 1. The van der Waals surface area contributed by atoms with Gasteiger partial charge in [-0.25, -0.2) is 5.84 Å². The van der Waals surface area contributed by atoms with Crippen molar-refractivity contribution in [2.75, 3.05) is 7.11 Å². The van der Waals surface area contributed by atoms with E-state index in [2.05, 4.69) is 5.43 Å². The number of fused-ring (bicyclic) bond motifs is 1. The first kappa shape index (κ1) is 14.2. The van der Waals surface area contributed by atoms with Gasteiger partial charge < -0.3 is 13.7 Å². The number of amides is 1. The van der Waals surface area contributed by atoms with E-state index >= 15 is 0 Å². The van der Waals surface area contributed by atoms with Gasteiger partial charge in [0.05, 0.1) is 25.5 Å². The molecule has 6 nitrogen and oxygen atoms in total. The smallest absolute Gasteiger partial charge is 0.267 e. The normalized spacial score (nSPS) is 10.9. The predicted octanol–water partition coefficient (Wildman–Crippen LogP) is 2.20. The molecule has 0 unspecified atom stereocenters. The monoisotopic (exact) mass is 299 g/mol. The predicted molar refractivity (Wildman–Crippen MR) is 82.7 cm³/mol. The molecule has 0 aliphatic carbocycles. The molecule has 114 valence electrons. The van der Waals surface area contributed by atoms with Crippen LogP contribution in [0.1, 0.15) is 21.8 Å². The van der Waals surface area contributed by atoms with E-state index in [9.17, 15) is 4.79 Å². The highest BCUT2D eigenvalue weighted by atomic mass is 16.5. The maximum Gasteiger partial charge on any atom is 0.267 e. The molecule has 0 spiro atoms. The molecule has 0 bridgehead atoms. The molecule has 0 aliphatic rings. The summed E-state index contributed by atoms with van der Waals surface area (Å²) in [4.78, 5) is 12.1. The highest BCUT2D eigenvalue weighted by Crippen LogP contribution is 2.30. The fourth-order valence-corrected chi connectivity index (χ4v) is 2.71.